The fourth-order valence-corrected chi connectivity index (χ4v) is 5.20. The van der Waals surface area contributed by atoms with Crippen molar-refractivity contribution in [3.05, 3.63) is 53.7 Å². The molecule has 2 aromatic heterocycles. The quantitative estimate of drug-likeness (QED) is 0.665. The van der Waals surface area contributed by atoms with Crippen molar-refractivity contribution >= 4 is 33.3 Å². The molecule has 4 heterocycles. The third kappa shape index (κ3) is 3.60. The molecule has 0 N–H and O–H groups in total. The Hall–Kier alpha value is -2.51. The van der Waals surface area contributed by atoms with Crippen LogP contribution < -0.4 is 4.90 Å². The number of carbonyl (C=O) groups excluding carboxylic acids is 1. The first-order chi connectivity index (χ1) is 14.3. The number of thiophene rings is 1. The molecule has 0 radical (unpaired) electrons. The first-order valence-corrected chi connectivity index (χ1v) is 11.2. The molecule has 1 aromatic carbocycles. The van der Waals surface area contributed by atoms with E-state index >= 15 is 0 Å². The van der Waals surface area contributed by atoms with Crippen LogP contribution in [0.3, 0.4) is 0 Å². The lowest BCUT2D eigenvalue weighted by molar-refractivity contribution is -0.136. The van der Waals surface area contributed by atoms with Gasteiger partial charge in [-0.2, -0.15) is 0 Å². The predicted octanol–water partition coefficient (Wildman–Crippen LogP) is 3.18. The first-order valence-electron chi connectivity index (χ1n) is 10.3. The highest BCUT2D eigenvalue weighted by Gasteiger charge is 2.34. The highest BCUT2D eigenvalue weighted by Crippen LogP contribution is 2.30. The number of piperazine rings is 1. The van der Waals surface area contributed by atoms with Gasteiger partial charge in [0.05, 0.1) is 5.39 Å². The van der Waals surface area contributed by atoms with Crippen molar-refractivity contribution in [2.45, 2.75) is 18.9 Å². The molecule has 3 aromatic rings. The van der Waals surface area contributed by atoms with E-state index in [-0.39, 0.29) is 11.9 Å². The van der Waals surface area contributed by atoms with Crippen molar-refractivity contribution in [1.29, 1.82) is 0 Å². The topological polar surface area (TPSA) is 52.6 Å². The average Bonchev–Trinajstić information content (AvgIpc) is 3.47. The maximum atomic E-state index is 13.4. The van der Waals surface area contributed by atoms with Gasteiger partial charge in [0.25, 0.3) is 0 Å². The number of benzene rings is 1. The highest BCUT2D eigenvalue weighted by molar-refractivity contribution is 7.16. The number of likely N-dealkylation sites (tertiary alicyclic amines) is 1. The van der Waals surface area contributed by atoms with Crippen LogP contribution in [0.1, 0.15) is 24.4 Å². The van der Waals surface area contributed by atoms with E-state index in [4.69, 9.17) is 0 Å². The lowest BCUT2D eigenvalue weighted by Gasteiger charge is -2.40. The summed E-state index contributed by atoms with van der Waals surface area (Å²) in [6.07, 6.45) is 3.89. The van der Waals surface area contributed by atoms with Crippen LogP contribution in [0, 0.1) is 0 Å². The van der Waals surface area contributed by atoms with Gasteiger partial charge in [0.15, 0.2) is 0 Å². The number of hydrogen-bond donors (Lipinski definition) is 0. The molecule has 2 saturated heterocycles. The van der Waals surface area contributed by atoms with Crippen molar-refractivity contribution in [3.63, 3.8) is 0 Å². The highest BCUT2D eigenvalue weighted by atomic mass is 32.1. The van der Waals surface area contributed by atoms with Gasteiger partial charge >= 0.3 is 0 Å². The van der Waals surface area contributed by atoms with E-state index in [1.165, 1.54) is 0 Å². The summed E-state index contributed by atoms with van der Waals surface area (Å²) in [4.78, 5) is 30.1. The molecule has 2 fully saturated rings. The Balaban J connectivity index is 1.36. The average molecular weight is 408 g/mol. The minimum atomic E-state index is -0.192. The van der Waals surface area contributed by atoms with Crippen LogP contribution in [0.15, 0.2) is 48.1 Å². The van der Waals surface area contributed by atoms with Crippen LogP contribution in [-0.4, -0.2) is 64.9 Å². The Morgan fingerprint density at radius 1 is 0.931 bits per heavy atom. The van der Waals surface area contributed by atoms with E-state index in [1.54, 1.807) is 17.7 Å². The Morgan fingerprint density at radius 3 is 2.45 bits per heavy atom. The van der Waals surface area contributed by atoms with E-state index in [9.17, 15) is 4.79 Å². The van der Waals surface area contributed by atoms with E-state index in [0.717, 1.165) is 73.7 Å². The molecule has 6 nitrogen and oxygen atoms in total. The number of anilines is 1. The predicted molar refractivity (Wildman–Crippen MR) is 116 cm³/mol. The molecule has 5 rings (SSSR count). The molecule has 1 unspecified atom stereocenters. The van der Waals surface area contributed by atoms with Crippen LogP contribution in [0.4, 0.5) is 5.82 Å². The van der Waals surface area contributed by atoms with Crippen LogP contribution >= 0.6 is 11.3 Å². The number of nitrogens with zero attached hydrogens (tertiary/aromatic N) is 5. The van der Waals surface area contributed by atoms with Gasteiger partial charge in [-0.15, -0.1) is 11.3 Å². The molecule has 1 amide bonds. The van der Waals surface area contributed by atoms with Gasteiger partial charge < -0.3 is 9.80 Å². The van der Waals surface area contributed by atoms with E-state index < -0.39 is 0 Å². The Bertz CT molecular complexity index is 977. The standard InChI is InChI=1S/C22H25N5OS/c28-22(27-9-4-5-10-27)19(17-6-2-1-3-7-17)25-11-13-26(14-12-25)20-18-8-15-29-21(18)24-16-23-20/h1-3,6-8,15-16,19H,4-5,9-14H2. The van der Waals surface area contributed by atoms with Gasteiger partial charge in [-0.05, 0) is 29.9 Å². The van der Waals surface area contributed by atoms with Gasteiger partial charge in [-0.1, -0.05) is 30.3 Å². The molecule has 2 aliphatic rings. The third-order valence-corrected chi connectivity index (χ3v) is 6.81. The summed E-state index contributed by atoms with van der Waals surface area (Å²) in [6.45, 7) is 5.18. The van der Waals surface area contributed by atoms with Gasteiger partial charge in [0, 0.05) is 39.3 Å². The maximum absolute atomic E-state index is 13.4. The molecular formula is C22H25N5OS. The molecule has 7 heteroatoms. The number of rotatable bonds is 4. The second-order valence-electron chi connectivity index (χ2n) is 7.71. The summed E-state index contributed by atoms with van der Waals surface area (Å²) in [5, 5.41) is 3.19. The molecule has 150 valence electrons. The lowest BCUT2D eigenvalue weighted by Crippen LogP contribution is -2.51. The molecule has 0 aliphatic carbocycles. The van der Waals surface area contributed by atoms with Gasteiger partial charge in [0.1, 0.15) is 23.0 Å². The molecule has 0 spiro atoms. The summed E-state index contributed by atoms with van der Waals surface area (Å²) in [5.74, 6) is 1.27. The number of hydrogen-bond acceptors (Lipinski definition) is 6. The van der Waals surface area contributed by atoms with Crippen molar-refractivity contribution in [1.82, 2.24) is 19.8 Å². The number of fused-ring (bicyclic) bond motifs is 1. The Kier molecular flexibility index (Phi) is 5.16. The Labute approximate surface area is 174 Å². The van der Waals surface area contributed by atoms with Gasteiger partial charge in [-0.25, -0.2) is 9.97 Å². The summed E-state index contributed by atoms with van der Waals surface area (Å²) < 4.78 is 0. The van der Waals surface area contributed by atoms with Gasteiger partial charge in [-0.3, -0.25) is 9.69 Å². The monoisotopic (exact) mass is 407 g/mol. The summed E-state index contributed by atoms with van der Waals surface area (Å²) in [7, 11) is 0. The molecule has 2 aliphatic heterocycles. The molecular weight excluding hydrogens is 382 g/mol. The molecule has 0 bridgehead atoms. The van der Waals surface area contributed by atoms with Gasteiger partial charge in [0.2, 0.25) is 5.91 Å². The minimum Gasteiger partial charge on any atom is -0.353 e. The van der Waals surface area contributed by atoms with Crippen LogP contribution in [0.2, 0.25) is 0 Å². The number of amides is 1. The summed E-state index contributed by atoms with van der Waals surface area (Å²) >= 11 is 1.65. The second-order valence-corrected chi connectivity index (χ2v) is 8.60. The van der Waals surface area contributed by atoms with Crippen LogP contribution in [0.5, 0.6) is 0 Å². The smallest absolute Gasteiger partial charge is 0.244 e. The third-order valence-electron chi connectivity index (χ3n) is 5.99. The normalized spacial score (nSPS) is 19.0. The van der Waals surface area contributed by atoms with Crippen molar-refractivity contribution in [2.75, 3.05) is 44.2 Å². The fraction of sp³-hybridized carbons (Fsp3) is 0.409. The lowest BCUT2D eigenvalue weighted by atomic mass is 10.0. The SMILES string of the molecule is O=C(C(c1ccccc1)N1CCN(c2ncnc3sccc23)CC1)N1CCCC1. The zero-order valence-electron chi connectivity index (χ0n) is 16.4. The fourth-order valence-electron chi connectivity index (χ4n) is 4.48. The van der Waals surface area contributed by atoms with Crippen LogP contribution in [0.25, 0.3) is 10.2 Å². The Morgan fingerprint density at radius 2 is 1.69 bits per heavy atom. The van der Waals surface area contributed by atoms with E-state index in [0.29, 0.717) is 0 Å². The summed E-state index contributed by atoms with van der Waals surface area (Å²) in [6, 6.07) is 12.2. The second kappa shape index (κ2) is 8.08. The maximum Gasteiger partial charge on any atom is 0.244 e. The molecule has 0 saturated carbocycles. The van der Waals surface area contributed by atoms with Crippen molar-refractivity contribution < 1.29 is 4.79 Å². The van der Waals surface area contributed by atoms with E-state index in [1.807, 2.05) is 23.1 Å². The van der Waals surface area contributed by atoms with Crippen molar-refractivity contribution in [2.24, 2.45) is 0 Å². The molecule has 1 atom stereocenters. The zero-order chi connectivity index (χ0) is 19.6. The number of aromatic nitrogens is 2. The van der Waals surface area contributed by atoms with Crippen LogP contribution in [-0.2, 0) is 4.79 Å². The molecule has 29 heavy (non-hydrogen) atoms. The number of carbonyl (C=O) groups is 1. The largest absolute Gasteiger partial charge is 0.353 e. The minimum absolute atomic E-state index is 0.192. The zero-order valence-corrected chi connectivity index (χ0v) is 17.2. The summed E-state index contributed by atoms with van der Waals surface area (Å²) in [5.41, 5.74) is 1.10. The van der Waals surface area contributed by atoms with Crippen molar-refractivity contribution in [3.8, 4) is 0 Å². The first kappa shape index (κ1) is 18.5. The van der Waals surface area contributed by atoms with E-state index in [2.05, 4.69) is 43.3 Å².